The number of benzene rings is 2. The van der Waals surface area contributed by atoms with E-state index in [-0.39, 0.29) is 13.2 Å². The van der Waals surface area contributed by atoms with E-state index in [1.54, 1.807) is 0 Å². The van der Waals surface area contributed by atoms with Crippen molar-refractivity contribution in [2.24, 2.45) is 0 Å². The average molecular weight is 465 g/mol. The number of thiazole rings is 1. The molecule has 0 saturated carbocycles. The summed E-state index contributed by atoms with van der Waals surface area (Å²) in [7, 11) is -0.611. The van der Waals surface area contributed by atoms with Crippen molar-refractivity contribution >= 4 is 46.0 Å². The molecule has 1 fully saturated rings. The second-order valence-corrected chi connectivity index (χ2v) is 10.1. The summed E-state index contributed by atoms with van der Waals surface area (Å²) >= 11 is 1.45. The number of rotatable bonds is 6. The van der Waals surface area contributed by atoms with Crippen LogP contribution in [0, 0.1) is 0 Å². The van der Waals surface area contributed by atoms with Crippen LogP contribution in [0.2, 0.25) is 0 Å². The van der Waals surface area contributed by atoms with Gasteiger partial charge < -0.3 is 25.1 Å². The molecule has 0 atom stereocenters. The highest BCUT2D eigenvalue weighted by atomic mass is 32.1. The van der Waals surface area contributed by atoms with Crippen LogP contribution in [0.4, 0.5) is 9.93 Å². The lowest BCUT2D eigenvalue weighted by atomic mass is 9.77. The maximum Gasteiger partial charge on any atom is 0.492 e. The Balaban J connectivity index is 1.52. The van der Waals surface area contributed by atoms with Crippen LogP contribution in [0.1, 0.15) is 38.8 Å². The first-order valence-corrected chi connectivity index (χ1v) is 11.6. The Kier molecular flexibility index (Phi) is 6.47. The minimum atomic E-state index is -0.611. The number of nitrogens with one attached hydrogen (secondary N) is 1. The van der Waals surface area contributed by atoms with Gasteiger partial charge >= 0.3 is 13.2 Å². The molecule has 33 heavy (non-hydrogen) atoms. The van der Waals surface area contributed by atoms with Crippen LogP contribution >= 0.6 is 11.3 Å². The summed E-state index contributed by atoms with van der Waals surface area (Å²) in [6, 6.07) is 15.5. The molecule has 9 heteroatoms. The van der Waals surface area contributed by atoms with Gasteiger partial charge in [-0.2, -0.15) is 0 Å². The van der Waals surface area contributed by atoms with E-state index in [0.29, 0.717) is 5.13 Å². The van der Waals surface area contributed by atoms with Gasteiger partial charge in [0, 0.05) is 6.54 Å². The van der Waals surface area contributed by atoms with Crippen molar-refractivity contribution in [1.29, 1.82) is 0 Å². The van der Waals surface area contributed by atoms with Crippen molar-refractivity contribution in [2.45, 2.75) is 45.5 Å². The lowest BCUT2D eigenvalue weighted by Gasteiger charge is -2.32. The zero-order chi connectivity index (χ0) is 23.6. The molecule has 0 spiro atoms. The van der Waals surface area contributed by atoms with E-state index < -0.39 is 24.4 Å². The minimum Gasteiger partial charge on any atom is -0.445 e. The number of aromatic nitrogens is 1. The standard InChI is InChI=1S/C24H28BN3O4S/c1-23(2)24(3,4)32-25(31-23)18(12-17-10-11-20-19(13-17)28-21(26)33-20)14-27-22(29)30-15-16-8-6-5-7-9-16/h5-13H,14-15H2,1-4H3,(H2,26,28)(H,27,29). The van der Waals surface area contributed by atoms with Crippen LogP contribution in [-0.4, -0.2) is 35.9 Å². The van der Waals surface area contributed by atoms with Crippen molar-refractivity contribution in [3.05, 3.63) is 65.1 Å². The molecular weight excluding hydrogens is 437 g/mol. The topological polar surface area (TPSA) is 95.7 Å². The molecule has 4 rings (SSSR count). The maximum atomic E-state index is 12.4. The zero-order valence-corrected chi connectivity index (χ0v) is 20.1. The summed E-state index contributed by atoms with van der Waals surface area (Å²) in [4.78, 5) is 16.7. The summed E-state index contributed by atoms with van der Waals surface area (Å²) < 4.78 is 18.8. The Hall–Kier alpha value is -2.88. The third-order valence-corrected chi connectivity index (χ3v) is 6.85. The SMILES string of the molecule is CC1(C)OB(C(=Cc2ccc3sc(N)nc3c2)CNC(=O)OCc2ccccc2)OC1(C)C. The van der Waals surface area contributed by atoms with Crippen molar-refractivity contribution in [3.8, 4) is 0 Å². The summed E-state index contributed by atoms with van der Waals surface area (Å²) in [6.45, 7) is 8.39. The largest absolute Gasteiger partial charge is 0.492 e. The molecule has 2 heterocycles. The quantitative estimate of drug-likeness (QED) is 0.507. The Morgan fingerprint density at radius 3 is 2.55 bits per heavy atom. The highest BCUT2D eigenvalue weighted by Crippen LogP contribution is 2.39. The molecule has 0 radical (unpaired) electrons. The van der Waals surface area contributed by atoms with Crippen LogP contribution in [-0.2, 0) is 20.7 Å². The van der Waals surface area contributed by atoms with Gasteiger partial charge in [0.25, 0.3) is 0 Å². The zero-order valence-electron chi connectivity index (χ0n) is 19.3. The molecule has 1 aliphatic heterocycles. The monoisotopic (exact) mass is 465 g/mol. The van der Waals surface area contributed by atoms with E-state index in [2.05, 4.69) is 10.3 Å². The molecule has 1 aliphatic rings. The number of carbonyl (C=O) groups is 1. The molecule has 3 N–H and O–H groups in total. The molecule has 2 aromatic carbocycles. The molecule has 1 aromatic heterocycles. The van der Waals surface area contributed by atoms with Gasteiger partial charge in [-0.25, -0.2) is 9.78 Å². The van der Waals surface area contributed by atoms with Gasteiger partial charge in [0.2, 0.25) is 0 Å². The Labute approximate surface area is 198 Å². The van der Waals surface area contributed by atoms with Crippen LogP contribution in [0.3, 0.4) is 0 Å². The number of nitrogen functional groups attached to an aromatic ring is 1. The third-order valence-electron chi connectivity index (χ3n) is 5.99. The van der Waals surface area contributed by atoms with Crippen LogP contribution in [0.5, 0.6) is 0 Å². The van der Waals surface area contributed by atoms with E-state index in [4.69, 9.17) is 19.8 Å². The molecule has 0 unspecified atom stereocenters. The predicted octanol–water partition coefficient (Wildman–Crippen LogP) is 4.82. The highest BCUT2D eigenvalue weighted by molar-refractivity contribution is 7.22. The van der Waals surface area contributed by atoms with Crippen molar-refractivity contribution in [3.63, 3.8) is 0 Å². The van der Waals surface area contributed by atoms with Crippen LogP contribution < -0.4 is 11.1 Å². The van der Waals surface area contributed by atoms with E-state index in [9.17, 15) is 4.79 Å². The molecular formula is C24H28BN3O4S. The molecule has 1 amide bonds. The van der Waals surface area contributed by atoms with Gasteiger partial charge in [-0.05, 0) is 56.4 Å². The lowest BCUT2D eigenvalue weighted by Crippen LogP contribution is -2.41. The second kappa shape index (κ2) is 9.17. The van der Waals surface area contributed by atoms with E-state index in [0.717, 1.165) is 26.8 Å². The van der Waals surface area contributed by atoms with Crippen LogP contribution in [0.15, 0.2) is 54.0 Å². The van der Waals surface area contributed by atoms with E-state index in [1.807, 2.05) is 82.3 Å². The summed E-state index contributed by atoms with van der Waals surface area (Å²) in [5.41, 5.74) is 8.27. The lowest BCUT2D eigenvalue weighted by molar-refractivity contribution is 0.00578. The highest BCUT2D eigenvalue weighted by Gasteiger charge is 2.52. The first-order chi connectivity index (χ1) is 15.6. The van der Waals surface area contributed by atoms with Gasteiger partial charge in [-0.15, -0.1) is 0 Å². The first-order valence-electron chi connectivity index (χ1n) is 10.8. The molecule has 0 bridgehead atoms. The van der Waals surface area contributed by atoms with Crippen molar-refractivity contribution in [1.82, 2.24) is 10.3 Å². The van der Waals surface area contributed by atoms with E-state index in [1.165, 1.54) is 11.3 Å². The van der Waals surface area contributed by atoms with Gasteiger partial charge in [-0.3, -0.25) is 0 Å². The number of alkyl carbamates (subject to hydrolysis) is 1. The summed E-state index contributed by atoms with van der Waals surface area (Å²) in [5.74, 6) is 0. The normalized spacial score (nSPS) is 17.3. The number of carbonyl (C=O) groups excluding carboxylic acids is 1. The summed E-state index contributed by atoms with van der Waals surface area (Å²) in [6.07, 6.45) is 1.44. The van der Waals surface area contributed by atoms with Gasteiger partial charge in [0.05, 0.1) is 21.4 Å². The number of hydrogen-bond acceptors (Lipinski definition) is 7. The third kappa shape index (κ3) is 5.38. The predicted molar refractivity (Wildman–Crippen MR) is 133 cm³/mol. The molecule has 172 valence electrons. The van der Waals surface area contributed by atoms with Crippen molar-refractivity contribution in [2.75, 3.05) is 12.3 Å². The number of ether oxygens (including phenoxy) is 1. The Morgan fingerprint density at radius 2 is 1.85 bits per heavy atom. The fourth-order valence-corrected chi connectivity index (χ4v) is 4.13. The molecule has 3 aromatic rings. The molecule has 0 aliphatic carbocycles. The number of amides is 1. The first kappa shape index (κ1) is 23.3. The number of nitrogens with zero attached hydrogens (tertiary/aromatic N) is 1. The van der Waals surface area contributed by atoms with Gasteiger partial charge in [-0.1, -0.05) is 53.8 Å². The molecule has 1 saturated heterocycles. The van der Waals surface area contributed by atoms with E-state index >= 15 is 0 Å². The van der Waals surface area contributed by atoms with Gasteiger partial charge in [0.15, 0.2) is 5.13 Å². The summed E-state index contributed by atoms with van der Waals surface area (Å²) in [5, 5.41) is 3.35. The number of nitrogens with two attached hydrogens (primary N) is 1. The van der Waals surface area contributed by atoms with Crippen molar-refractivity contribution < 1.29 is 18.8 Å². The minimum absolute atomic E-state index is 0.199. The fraction of sp³-hybridized carbons (Fsp3) is 0.333. The fourth-order valence-electron chi connectivity index (χ4n) is 3.41. The van der Waals surface area contributed by atoms with Gasteiger partial charge in [0.1, 0.15) is 6.61 Å². The average Bonchev–Trinajstić information content (AvgIpc) is 3.24. The second-order valence-electron chi connectivity index (χ2n) is 9.00. The Morgan fingerprint density at radius 1 is 1.15 bits per heavy atom. The molecule has 7 nitrogen and oxygen atoms in total. The Bertz CT molecular complexity index is 1160. The van der Waals surface area contributed by atoms with Crippen LogP contribution in [0.25, 0.3) is 16.3 Å². The number of hydrogen-bond donors (Lipinski definition) is 2. The number of anilines is 1. The maximum absolute atomic E-state index is 12.4. The number of fused-ring (bicyclic) bond motifs is 1. The smallest absolute Gasteiger partial charge is 0.445 e.